The fraction of sp³-hybridized carbons (Fsp3) is 0.450. The molecule has 1 aromatic rings. The first-order chi connectivity index (χ1) is 13.4. The molecule has 0 aromatic heterocycles. The van der Waals surface area contributed by atoms with Crippen LogP contribution in [0, 0.1) is 0 Å². The molecule has 0 spiro atoms. The Morgan fingerprint density at radius 3 is 2.71 bits per heavy atom. The smallest absolute Gasteiger partial charge is 0.331 e. The zero-order chi connectivity index (χ0) is 20.5. The van der Waals surface area contributed by atoms with Crippen LogP contribution in [0.4, 0.5) is 0 Å². The first kappa shape index (κ1) is 21.3. The van der Waals surface area contributed by atoms with Crippen molar-refractivity contribution in [3.63, 3.8) is 0 Å². The van der Waals surface area contributed by atoms with Crippen molar-refractivity contribution in [2.24, 2.45) is 0 Å². The molecule has 0 saturated heterocycles. The van der Waals surface area contributed by atoms with Crippen LogP contribution in [0.25, 0.3) is 6.08 Å². The number of esters is 1. The van der Waals surface area contributed by atoms with E-state index in [-0.39, 0.29) is 18.6 Å². The van der Waals surface area contributed by atoms with Crippen molar-refractivity contribution in [1.29, 1.82) is 0 Å². The molecular weight excluding hydrogens is 364 g/mol. The van der Waals surface area contributed by atoms with Crippen LogP contribution in [0.3, 0.4) is 0 Å². The van der Waals surface area contributed by atoms with Gasteiger partial charge in [0.25, 0.3) is 5.91 Å². The number of benzene rings is 1. The number of hydrogen-bond donors (Lipinski definition) is 2. The van der Waals surface area contributed by atoms with Crippen LogP contribution in [0.2, 0.25) is 0 Å². The Bertz CT molecular complexity index is 759. The molecule has 0 bridgehead atoms. The minimum Gasteiger partial charge on any atom is -0.493 e. The maximum Gasteiger partial charge on any atom is 0.331 e. The van der Waals surface area contributed by atoms with Crippen LogP contribution >= 0.6 is 0 Å². The lowest BCUT2D eigenvalue weighted by atomic mass is 10.1. The number of amides is 2. The number of likely N-dealkylation sites (N-methyl/N-ethyl adjacent to an activating group) is 1. The van der Waals surface area contributed by atoms with Gasteiger partial charge in [0, 0.05) is 30.2 Å². The fourth-order valence-corrected chi connectivity index (χ4v) is 2.70. The molecule has 0 saturated carbocycles. The van der Waals surface area contributed by atoms with E-state index in [0.29, 0.717) is 24.5 Å². The molecule has 1 aliphatic rings. The summed E-state index contributed by atoms with van der Waals surface area (Å²) in [5, 5.41) is 4.91. The number of carbonyl (C=O) groups excluding carboxylic acids is 3. The third-order valence-electron chi connectivity index (χ3n) is 3.89. The molecule has 28 heavy (non-hydrogen) atoms. The van der Waals surface area contributed by atoms with Gasteiger partial charge in [0.2, 0.25) is 5.91 Å². The molecule has 8 heteroatoms. The molecule has 1 aromatic carbocycles. The van der Waals surface area contributed by atoms with E-state index in [2.05, 4.69) is 10.6 Å². The first-order valence-corrected chi connectivity index (χ1v) is 9.27. The molecule has 1 heterocycles. The van der Waals surface area contributed by atoms with E-state index in [1.54, 1.807) is 13.0 Å². The number of carbonyl (C=O) groups is 3. The van der Waals surface area contributed by atoms with E-state index < -0.39 is 18.5 Å². The predicted octanol–water partition coefficient (Wildman–Crippen LogP) is 1.22. The van der Waals surface area contributed by atoms with E-state index in [0.717, 1.165) is 17.7 Å². The summed E-state index contributed by atoms with van der Waals surface area (Å²) in [6, 6.07) is 3.74. The zero-order valence-electron chi connectivity index (χ0n) is 16.4. The van der Waals surface area contributed by atoms with Crippen LogP contribution in [-0.4, -0.2) is 50.2 Å². The number of fused-ring (bicyclic) bond motifs is 1. The summed E-state index contributed by atoms with van der Waals surface area (Å²) in [4.78, 5) is 34.7. The normalized spacial score (nSPS) is 14.9. The molecule has 0 aliphatic carbocycles. The average molecular weight is 390 g/mol. The average Bonchev–Trinajstić information content (AvgIpc) is 3.02. The van der Waals surface area contributed by atoms with E-state index in [4.69, 9.17) is 14.2 Å². The maximum atomic E-state index is 11.9. The van der Waals surface area contributed by atoms with Gasteiger partial charge in [0.1, 0.15) is 17.6 Å². The third kappa shape index (κ3) is 6.29. The van der Waals surface area contributed by atoms with Crippen molar-refractivity contribution in [1.82, 2.24) is 10.6 Å². The second-order valence-electron chi connectivity index (χ2n) is 6.23. The maximum absolute atomic E-state index is 11.9. The number of rotatable bonds is 9. The van der Waals surface area contributed by atoms with E-state index >= 15 is 0 Å². The van der Waals surface area contributed by atoms with Gasteiger partial charge in [-0.05, 0) is 39.0 Å². The van der Waals surface area contributed by atoms with E-state index in [1.165, 1.54) is 6.08 Å². The monoisotopic (exact) mass is 390 g/mol. The SMILES string of the molecule is CCNC(=O)CNC(=O)COC(=O)/C=C/c1cc2c(cc1OCC)C[C@@H](C)O2. The lowest BCUT2D eigenvalue weighted by molar-refractivity contribution is -0.143. The molecule has 2 amide bonds. The topological polar surface area (TPSA) is 103 Å². The van der Waals surface area contributed by atoms with Gasteiger partial charge < -0.3 is 24.8 Å². The van der Waals surface area contributed by atoms with Crippen LogP contribution in [0.5, 0.6) is 11.5 Å². The highest BCUT2D eigenvalue weighted by atomic mass is 16.5. The molecule has 0 fully saturated rings. The van der Waals surface area contributed by atoms with Crippen LogP contribution in [0.15, 0.2) is 18.2 Å². The highest BCUT2D eigenvalue weighted by Crippen LogP contribution is 2.35. The highest BCUT2D eigenvalue weighted by molar-refractivity contribution is 5.90. The van der Waals surface area contributed by atoms with Gasteiger partial charge in [0.15, 0.2) is 6.61 Å². The lowest BCUT2D eigenvalue weighted by Gasteiger charge is -2.10. The quantitative estimate of drug-likeness (QED) is 0.485. The molecule has 1 atom stereocenters. The van der Waals surface area contributed by atoms with Crippen molar-refractivity contribution in [2.75, 3.05) is 26.3 Å². The molecular formula is C20H26N2O6. The Morgan fingerprint density at radius 1 is 1.21 bits per heavy atom. The molecule has 1 aliphatic heterocycles. The standard InChI is InChI=1S/C20H26N2O6/c1-4-21-18(23)11-22-19(24)12-27-20(25)7-6-14-9-17-15(8-13(3)28-17)10-16(14)26-5-2/h6-7,9-10,13H,4-5,8,11-12H2,1-3H3,(H,21,23)(H,22,24)/b7-6+/t13-/m1/s1. The van der Waals surface area contributed by atoms with Crippen LogP contribution < -0.4 is 20.1 Å². The first-order valence-electron chi connectivity index (χ1n) is 9.27. The summed E-state index contributed by atoms with van der Waals surface area (Å²) in [5.74, 6) is -0.108. The second-order valence-corrected chi connectivity index (χ2v) is 6.23. The largest absolute Gasteiger partial charge is 0.493 e. The van der Waals surface area contributed by atoms with Gasteiger partial charge >= 0.3 is 5.97 Å². The summed E-state index contributed by atoms with van der Waals surface area (Å²) in [5.41, 5.74) is 1.76. The van der Waals surface area contributed by atoms with Crippen LogP contribution in [0.1, 0.15) is 31.9 Å². The van der Waals surface area contributed by atoms with E-state index in [1.807, 2.05) is 26.0 Å². The van der Waals surface area contributed by atoms with E-state index in [9.17, 15) is 14.4 Å². The summed E-state index contributed by atoms with van der Waals surface area (Å²) < 4.78 is 16.3. The minimum atomic E-state index is -0.676. The number of hydrogen-bond acceptors (Lipinski definition) is 6. The molecule has 152 valence electrons. The summed E-state index contributed by atoms with van der Waals surface area (Å²) in [6.07, 6.45) is 3.70. The van der Waals surface area contributed by atoms with Gasteiger partial charge in [-0.25, -0.2) is 4.79 Å². The lowest BCUT2D eigenvalue weighted by Crippen LogP contribution is -2.38. The minimum absolute atomic E-state index is 0.103. The predicted molar refractivity (Wildman–Crippen MR) is 103 cm³/mol. The molecule has 0 radical (unpaired) electrons. The molecule has 0 unspecified atom stereocenters. The van der Waals surface area contributed by atoms with Crippen molar-refractivity contribution < 1.29 is 28.6 Å². The Kier molecular flexibility index (Phi) is 7.86. The van der Waals surface area contributed by atoms with Crippen molar-refractivity contribution in [3.05, 3.63) is 29.3 Å². The molecule has 8 nitrogen and oxygen atoms in total. The van der Waals surface area contributed by atoms with Crippen LogP contribution in [-0.2, 0) is 25.5 Å². The molecule has 2 rings (SSSR count). The number of ether oxygens (including phenoxy) is 3. The fourth-order valence-electron chi connectivity index (χ4n) is 2.70. The van der Waals surface area contributed by atoms with Crippen molar-refractivity contribution in [3.8, 4) is 11.5 Å². The summed E-state index contributed by atoms with van der Waals surface area (Å²) in [7, 11) is 0. The number of nitrogens with one attached hydrogen (secondary N) is 2. The van der Waals surface area contributed by atoms with Crippen molar-refractivity contribution in [2.45, 2.75) is 33.3 Å². The van der Waals surface area contributed by atoms with Gasteiger partial charge in [-0.1, -0.05) is 0 Å². The van der Waals surface area contributed by atoms with Gasteiger partial charge in [-0.2, -0.15) is 0 Å². The highest BCUT2D eigenvalue weighted by Gasteiger charge is 2.21. The van der Waals surface area contributed by atoms with Gasteiger partial charge in [0.05, 0.1) is 13.2 Å². The Labute approximate surface area is 164 Å². The summed E-state index contributed by atoms with van der Waals surface area (Å²) >= 11 is 0. The Balaban J connectivity index is 1.90. The van der Waals surface area contributed by atoms with Gasteiger partial charge in [-0.15, -0.1) is 0 Å². The second kappa shape index (κ2) is 10.3. The Hall–Kier alpha value is -3.03. The summed E-state index contributed by atoms with van der Waals surface area (Å²) in [6.45, 7) is 5.99. The molecule has 2 N–H and O–H groups in total. The van der Waals surface area contributed by atoms with Gasteiger partial charge in [-0.3, -0.25) is 9.59 Å². The zero-order valence-corrected chi connectivity index (χ0v) is 16.4. The third-order valence-corrected chi connectivity index (χ3v) is 3.89. The van der Waals surface area contributed by atoms with Crippen molar-refractivity contribution >= 4 is 23.9 Å². The Morgan fingerprint density at radius 2 is 2.00 bits per heavy atom.